The molecule has 0 aromatic heterocycles. The van der Waals surface area contributed by atoms with E-state index < -0.39 is 30.0 Å². The SMILES string of the molecule is NCCCNC(CCN[C@@H](CCC(=O)O)C(=O)O)C(=O)O. The van der Waals surface area contributed by atoms with E-state index in [4.69, 9.17) is 21.1 Å². The first-order chi connectivity index (χ1) is 9.88. The number of nitrogens with two attached hydrogens (primary N) is 1. The van der Waals surface area contributed by atoms with Crippen molar-refractivity contribution >= 4 is 17.9 Å². The number of carbonyl (C=O) groups is 3. The number of carboxylic acids is 3. The Kier molecular flexibility index (Phi) is 10.1. The number of nitrogens with one attached hydrogen (secondary N) is 2. The molecule has 0 aliphatic heterocycles. The van der Waals surface area contributed by atoms with E-state index in [0.717, 1.165) is 0 Å². The maximum atomic E-state index is 11.0. The van der Waals surface area contributed by atoms with Crippen LogP contribution in [0.4, 0.5) is 0 Å². The van der Waals surface area contributed by atoms with Crippen molar-refractivity contribution in [1.29, 1.82) is 0 Å². The molecule has 0 saturated heterocycles. The normalized spacial score (nSPS) is 13.6. The van der Waals surface area contributed by atoms with Crippen LogP contribution in [0.15, 0.2) is 0 Å². The van der Waals surface area contributed by atoms with E-state index in [1.165, 1.54) is 0 Å². The van der Waals surface area contributed by atoms with Crippen LogP contribution in [-0.4, -0.2) is 64.9 Å². The molecule has 0 radical (unpaired) electrons. The molecule has 1 unspecified atom stereocenters. The van der Waals surface area contributed by atoms with Gasteiger partial charge < -0.3 is 31.7 Å². The Morgan fingerprint density at radius 3 is 1.90 bits per heavy atom. The van der Waals surface area contributed by atoms with Crippen LogP contribution in [-0.2, 0) is 14.4 Å². The van der Waals surface area contributed by atoms with Gasteiger partial charge in [0, 0.05) is 6.42 Å². The minimum absolute atomic E-state index is 0.0526. The van der Waals surface area contributed by atoms with Gasteiger partial charge >= 0.3 is 17.9 Å². The molecule has 0 aliphatic rings. The summed E-state index contributed by atoms with van der Waals surface area (Å²) in [7, 11) is 0. The Hall–Kier alpha value is -1.71. The lowest BCUT2D eigenvalue weighted by Gasteiger charge is -2.17. The standard InChI is InChI=1S/C12H23N3O6/c13-5-1-6-14-9(12(20)21)4-7-15-8(11(18)19)2-3-10(16)17/h8-9,14-15H,1-7,13H2,(H,16,17)(H,18,19)(H,20,21)/t8-,9?/m0/s1. The summed E-state index contributed by atoms with van der Waals surface area (Å²) in [6.07, 6.45) is 0.522. The van der Waals surface area contributed by atoms with Gasteiger partial charge in [-0.05, 0) is 38.9 Å². The molecule has 0 fully saturated rings. The highest BCUT2D eigenvalue weighted by Crippen LogP contribution is 1.99. The Morgan fingerprint density at radius 1 is 0.905 bits per heavy atom. The molecule has 0 saturated carbocycles. The van der Waals surface area contributed by atoms with E-state index in [9.17, 15) is 14.4 Å². The summed E-state index contributed by atoms with van der Waals surface area (Å²) in [6, 6.07) is -1.79. The van der Waals surface area contributed by atoms with E-state index in [0.29, 0.717) is 19.5 Å². The van der Waals surface area contributed by atoms with Crippen molar-refractivity contribution in [2.24, 2.45) is 5.73 Å². The van der Waals surface area contributed by atoms with Gasteiger partial charge in [-0.25, -0.2) is 0 Å². The van der Waals surface area contributed by atoms with Crippen molar-refractivity contribution in [3.05, 3.63) is 0 Å². The van der Waals surface area contributed by atoms with Crippen molar-refractivity contribution < 1.29 is 29.7 Å². The first-order valence-corrected chi connectivity index (χ1v) is 6.72. The number of rotatable bonds is 13. The van der Waals surface area contributed by atoms with Crippen LogP contribution in [0.1, 0.15) is 25.7 Å². The van der Waals surface area contributed by atoms with E-state index in [-0.39, 0.29) is 25.8 Å². The maximum Gasteiger partial charge on any atom is 0.320 e. The zero-order valence-corrected chi connectivity index (χ0v) is 11.7. The monoisotopic (exact) mass is 305 g/mol. The van der Waals surface area contributed by atoms with Gasteiger partial charge in [-0.3, -0.25) is 14.4 Å². The van der Waals surface area contributed by atoms with Crippen LogP contribution in [0, 0.1) is 0 Å². The summed E-state index contributed by atoms with van der Waals surface area (Å²) in [4.78, 5) is 32.4. The molecule has 0 bridgehead atoms. The van der Waals surface area contributed by atoms with Gasteiger partial charge in [-0.1, -0.05) is 0 Å². The fourth-order valence-electron chi connectivity index (χ4n) is 1.67. The average Bonchev–Trinajstić information content (AvgIpc) is 2.39. The van der Waals surface area contributed by atoms with Crippen LogP contribution in [0.2, 0.25) is 0 Å². The van der Waals surface area contributed by atoms with E-state index in [1.54, 1.807) is 0 Å². The van der Waals surface area contributed by atoms with E-state index in [2.05, 4.69) is 10.6 Å². The lowest BCUT2D eigenvalue weighted by molar-refractivity contribution is -0.141. The summed E-state index contributed by atoms with van der Waals surface area (Å²) < 4.78 is 0. The van der Waals surface area contributed by atoms with Gasteiger partial charge in [0.15, 0.2) is 0 Å². The number of aliphatic carboxylic acids is 3. The second kappa shape index (κ2) is 11.0. The smallest absolute Gasteiger partial charge is 0.320 e. The molecule has 2 atom stereocenters. The van der Waals surface area contributed by atoms with Crippen LogP contribution in [0.5, 0.6) is 0 Å². The van der Waals surface area contributed by atoms with Gasteiger partial charge in [-0.2, -0.15) is 0 Å². The van der Waals surface area contributed by atoms with Crippen molar-refractivity contribution in [1.82, 2.24) is 10.6 Å². The molecular formula is C12H23N3O6. The quantitative estimate of drug-likeness (QED) is 0.226. The second-order valence-electron chi connectivity index (χ2n) is 4.55. The lowest BCUT2D eigenvalue weighted by atomic mass is 10.1. The van der Waals surface area contributed by atoms with E-state index >= 15 is 0 Å². The Bertz CT molecular complexity index is 350. The minimum Gasteiger partial charge on any atom is -0.481 e. The lowest BCUT2D eigenvalue weighted by Crippen LogP contribution is -2.43. The third-order valence-electron chi connectivity index (χ3n) is 2.84. The Labute approximate surface area is 122 Å². The van der Waals surface area contributed by atoms with Crippen LogP contribution in [0.25, 0.3) is 0 Å². The fourth-order valence-corrected chi connectivity index (χ4v) is 1.67. The molecule has 9 nitrogen and oxygen atoms in total. The van der Waals surface area contributed by atoms with Crippen LogP contribution >= 0.6 is 0 Å². The topological polar surface area (TPSA) is 162 Å². The first-order valence-electron chi connectivity index (χ1n) is 6.72. The predicted molar refractivity (Wildman–Crippen MR) is 74.0 cm³/mol. The first kappa shape index (κ1) is 19.3. The van der Waals surface area contributed by atoms with Crippen LogP contribution in [0.3, 0.4) is 0 Å². The molecule has 21 heavy (non-hydrogen) atoms. The third kappa shape index (κ3) is 9.77. The number of hydrogen-bond donors (Lipinski definition) is 6. The highest BCUT2D eigenvalue weighted by molar-refractivity contribution is 5.75. The van der Waals surface area contributed by atoms with Gasteiger partial charge in [0.1, 0.15) is 12.1 Å². The van der Waals surface area contributed by atoms with Crippen LogP contribution < -0.4 is 16.4 Å². The largest absolute Gasteiger partial charge is 0.481 e. The zero-order chi connectivity index (χ0) is 16.3. The summed E-state index contributed by atoms with van der Waals surface area (Å²) in [5.41, 5.74) is 5.31. The van der Waals surface area contributed by atoms with Gasteiger partial charge in [0.05, 0.1) is 0 Å². The molecule has 0 aromatic carbocycles. The highest BCUT2D eigenvalue weighted by atomic mass is 16.4. The summed E-state index contributed by atoms with van der Waals surface area (Å²) in [6.45, 7) is 1.08. The molecule has 9 heteroatoms. The van der Waals surface area contributed by atoms with Crippen molar-refractivity contribution in [3.8, 4) is 0 Å². The summed E-state index contributed by atoms with van der Waals surface area (Å²) in [5, 5.41) is 31.9. The zero-order valence-electron chi connectivity index (χ0n) is 11.7. The van der Waals surface area contributed by atoms with Crippen molar-refractivity contribution in [3.63, 3.8) is 0 Å². The molecule has 0 rings (SSSR count). The average molecular weight is 305 g/mol. The van der Waals surface area contributed by atoms with Gasteiger partial charge in [-0.15, -0.1) is 0 Å². The minimum atomic E-state index is -1.15. The molecular weight excluding hydrogens is 282 g/mol. The van der Waals surface area contributed by atoms with E-state index in [1.807, 2.05) is 0 Å². The Balaban J connectivity index is 4.15. The Morgan fingerprint density at radius 2 is 1.43 bits per heavy atom. The molecule has 0 spiro atoms. The predicted octanol–water partition coefficient (Wildman–Crippen LogP) is -1.32. The molecule has 7 N–H and O–H groups in total. The van der Waals surface area contributed by atoms with Gasteiger partial charge in [0.2, 0.25) is 0 Å². The molecule has 0 aliphatic carbocycles. The fraction of sp³-hybridized carbons (Fsp3) is 0.750. The summed E-state index contributed by atoms with van der Waals surface area (Å²) in [5.74, 6) is -3.25. The molecule has 0 aromatic rings. The number of hydrogen-bond acceptors (Lipinski definition) is 6. The molecule has 122 valence electrons. The second-order valence-corrected chi connectivity index (χ2v) is 4.55. The van der Waals surface area contributed by atoms with Crippen molar-refractivity contribution in [2.45, 2.75) is 37.8 Å². The highest BCUT2D eigenvalue weighted by Gasteiger charge is 2.20. The third-order valence-corrected chi connectivity index (χ3v) is 2.84. The van der Waals surface area contributed by atoms with Crippen molar-refractivity contribution in [2.75, 3.05) is 19.6 Å². The van der Waals surface area contributed by atoms with Gasteiger partial charge in [0.25, 0.3) is 0 Å². The maximum absolute atomic E-state index is 11.0. The summed E-state index contributed by atoms with van der Waals surface area (Å²) >= 11 is 0. The number of carboxylic acid groups (broad SMARTS) is 3. The molecule has 0 heterocycles. The molecule has 0 amide bonds.